The molecule has 1 unspecified atom stereocenters. The largest absolute Gasteiger partial charge is 0.503 e. The molecule has 25 heavy (non-hydrogen) atoms. The van der Waals surface area contributed by atoms with Gasteiger partial charge in [0.15, 0.2) is 23.6 Å². The van der Waals surface area contributed by atoms with Crippen molar-refractivity contribution in [2.24, 2.45) is 0 Å². The molecule has 0 saturated heterocycles. The van der Waals surface area contributed by atoms with Crippen LogP contribution in [-0.2, 0) is 4.79 Å². The normalized spacial score (nSPS) is 17.0. The number of aliphatic hydroxyl groups is 1. The maximum absolute atomic E-state index is 13.4. The topological polar surface area (TPSA) is 72.8 Å². The summed E-state index contributed by atoms with van der Waals surface area (Å²) in [6.45, 7) is 3.82. The highest BCUT2D eigenvalue weighted by Gasteiger charge is 2.33. The second-order valence-corrected chi connectivity index (χ2v) is 5.86. The van der Waals surface area contributed by atoms with Crippen LogP contribution in [0, 0.1) is 25.5 Å². The minimum Gasteiger partial charge on any atom is -0.503 e. The zero-order valence-electron chi connectivity index (χ0n) is 13.5. The number of phenolic OH excluding ortho intramolecular Hbond substituents is 1. The molecule has 0 fully saturated rings. The molecule has 5 nitrogen and oxygen atoms in total. The molecule has 130 valence electrons. The SMILES string of the molecule is Cc1ccc(N2C(=O)C=C(Nc3cc(F)c(O)c(F)c3)C2O)cc1C. The fourth-order valence-corrected chi connectivity index (χ4v) is 2.59. The van der Waals surface area contributed by atoms with E-state index in [2.05, 4.69) is 5.32 Å². The van der Waals surface area contributed by atoms with Crippen LogP contribution in [0.25, 0.3) is 0 Å². The maximum atomic E-state index is 13.4. The fraction of sp³-hybridized carbons (Fsp3) is 0.167. The molecule has 7 heteroatoms. The standard InChI is InChI=1S/C18H16F2N2O3/c1-9-3-4-12(5-10(9)2)22-16(23)8-15(18(22)25)21-11-6-13(19)17(24)14(20)7-11/h3-8,18,21,24-25H,1-2H3. The van der Waals surface area contributed by atoms with Gasteiger partial charge in [-0.15, -0.1) is 0 Å². The molecule has 0 aliphatic carbocycles. The first-order chi connectivity index (χ1) is 11.8. The highest BCUT2D eigenvalue weighted by atomic mass is 19.1. The summed E-state index contributed by atoms with van der Waals surface area (Å²) in [6.07, 6.45) is -0.169. The van der Waals surface area contributed by atoms with Gasteiger partial charge in [0, 0.05) is 29.6 Å². The molecule has 1 heterocycles. The van der Waals surface area contributed by atoms with Crippen LogP contribution in [0.1, 0.15) is 11.1 Å². The Hall–Kier alpha value is -2.93. The molecule has 3 rings (SSSR count). The zero-order valence-corrected chi connectivity index (χ0v) is 13.5. The van der Waals surface area contributed by atoms with Crippen molar-refractivity contribution in [3.05, 3.63) is 64.9 Å². The number of hydrogen-bond donors (Lipinski definition) is 3. The first kappa shape index (κ1) is 16.9. The summed E-state index contributed by atoms with van der Waals surface area (Å²) in [4.78, 5) is 13.4. The number of nitrogens with zero attached hydrogens (tertiary/aromatic N) is 1. The third kappa shape index (κ3) is 3.06. The summed E-state index contributed by atoms with van der Waals surface area (Å²) in [5.41, 5.74) is 2.56. The molecule has 0 aromatic heterocycles. The molecule has 3 N–H and O–H groups in total. The van der Waals surface area contributed by atoms with Crippen LogP contribution in [-0.4, -0.2) is 22.3 Å². The van der Waals surface area contributed by atoms with Gasteiger partial charge in [-0.25, -0.2) is 8.78 Å². The maximum Gasteiger partial charge on any atom is 0.255 e. The minimum absolute atomic E-state index is 0.0344. The van der Waals surface area contributed by atoms with E-state index in [9.17, 15) is 18.7 Å². The van der Waals surface area contributed by atoms with E-state index in [1.807, 2.05) is 19.9 Å². The number of benzene rings is 2. The van der Waals surface area contributed by atoms with Crippen LogP contribution in [0.3, 0.4) is 0 Å². The van der Waals surface area contributed by atoms with Gasteiger partial charge in [-0.2, -0.15) is 0 Å². The van der Waals surface area contributed by atoms with Crippen LogP contribution in [0.5, 0.6) is 5.75 Å². The Balaban J connectivity index is 1.86. The van der Waals surface area contributed by atoms with Gasteiger partial charge in [-0.3, -0.25) is 9.69 Å². The molecule has 1 aliphatic heterocycles. The smallest absolute Gasteiger partial charge is 0.255 e. The lowest BCUT2D eigenvalue weighted by atomic mass is 10.1. The number of rotatable bonds is 3. The number of carbonyl (C=O) groups is 1. The van der Waals surface area contributed by atoms with Gasteiger partial charge in [0.05, 0.1) is 5.70 Å². The lowest BCUT2D eigenvalue weighted by Gasteiger charge is -2.24. The number of anilines is 2. The van der Waals surface area contributed by atoms with Gasteiger partial charge in [-0.1, -0.05) is 6.07 Å². The van der Waals surface area contributed by atoms with Gasteiger partial charge in [0.2, 0.25) is 0 Å². The van der Waals surface area contributed by atoms with Crippen molar-refractivity contribution in [2.75, 3.05) is 10.2 Å². The van der Waals surface area contributed by atoms with E-state index in [0.29, 0.717) is 5.69 Å². The van der Waals surface area contributed by atoms with Crippen LogP contribution in [0.15, 0.2) is 42.1 Å². The lowest BCUT2D eigenvalue weighted by molar-refractivity contribution is -0.114. The van der Waals surface area contributed by atoms with E-state index in [0.717, 1.165) is 29.3 Å². The Labute approximate surface area is 142 Å². The summed E-state index contributed by atoms with van der Waals surface area (Å²) in [6, 6.07) is 7.05. The van der Waals surface area contributed by atoms with Crippen molar-refractivity contribution in [1.82, 2.24) is 0 Å². The summed E-state index contributed by atoms with van der Waals surface area (Å²) < 4.78 is 26.8. The molecular weight excluding hydrogens is 330 g/mol. The molecule has 2 aromatic carbocycles. The third-order valence-electron chi connectivity index (χ3n) is 4.11. The van der Waals surface area contributed by atoms with Gasteiger partial charge in [0.25, 0.3) is 5.91 Å². The van der Waals surface area contributed by atoms with Crippen molar-refractivity contribution < 1.29 is 23.8 Å². The molecule has 0 bridgehead atoms. The number of aryl methyl sites for hydroxylation is 2. The molecule has 1 aliphatic rings. The van der Waals surface area contributed by atoms with Gasteiger partial charge in [0.1, 0.15) is 0 Å². The van der Waals surface area contributed by atoms with Crippen molar-refractivity contribution in [2.45, 2.75) is 20.1 Å². The second kappa shape index (κ2) is 6.18. The zero-order chi connectivity index (χ0) is 18.3. The van der Waals surface area contributed by atoms with Crippen molar-refractivity contribution in [1.29, 1.82) is 0 Å². The highest BCUT2D eigenvalue weighted by Crippen LogP contribution is 2.30. The lowest BCUT2D eigenvalue weighted by Crippen LogP contribution is -2.36. The molecule has 0 saturated carbocycles. The van der Waals surface area contributed by atoms with E-state index < -0.39 is 29.5 Å². The van der Waals surface area contributed by atoms with Crippen LogP contribution in [0.2, 0.25) is 0 Å². The number of phenols is 1. The Bertz CT molecular complexity index is 873. The Kier molecular flexibility index (Phi) is 4.18. The summed E-state index contributed by atoms with van der Waals surface area (Å²) in [5.74, 6) is -3.84. The van der Waals surface area contributed by atoms with Crippen molar-refractivity contribution in [3.8, 4) is 5.75 Å². The summed E-state index contributed by atoms with van der Waals surface area (Å²) >= 11 is 0. The molecule has 2 aromatic rings. The monoisotopic (exact) mass is 346 g/mol. The number of amides is 1. The average Bonchev–Trinajstić information content (AvgIpc) is 2.82. The predicted molar refractivity (Wildman–Crippen MR) is 89.1 cm³/mol. The molecule has 1 amide bonds. The van der Waals surface area contributed by atoms with Gasteiger partial charge in [-0.05, 0) is 37.1 Å². The molecule has 0 spiro atoms. The molecular formula is C18H16F2N2O3. The predicted octanol–water partition coefficient (Wildman–Crippen LogP) is 2.95. The van der Waals surface area contributed by atoms with Gasteiger partial charge >= 0.3 is 0 Å². The van der Waals surface area contributed by atoms with Gasteiger partial charge < -0.3 is 15.5 Å². The van der Waals surface area contributed by atoms with E-state index in [-0.39, 0.29) is 11.4 Å². The molecule has 0 radical (unpaired) electrons. The number of hydrogen-bond acceptors (Lipinski definition) is 4. The van der Waals surface area contributed by atoms with Crippen LogP contribution < -0.4 is 10.2 Å². The minimum atomic E-state index is -1.32. The number of nitrogens with one attached hydrogen (secondary N) is 1. The average molecular weight is 346 g/mol. The quantitative estimate of drug-likeness (QED) is 0.747. The third-order valence-corrected chi connectivity index (χ3v) is 4.11. The first-order valence-electron chi connectivity index (χ1n) is 7.53. The Morgan fingerprint density at radius 3 is 2.32 bits per heavy atom. The Morgan fingerprint density at radius 1 is 1.08 bits per heavy atom. The van der Waals surface area contributed by atoms with E-state index in [1.165, 1.54) is 4.90 Å². The van der Waals surface area contributed by atoms with Crippen LogP contribution >= 0.6 is 0 Å². The number of carbonyl (C=O) groups excluding carboxylic acids is 1. The number of aliphatic hydroxyl groups excluding tert-OH is 1. The van der Waals surface area contributed by atoms with Crippen LogP contribution in [0.4, 0.5) is 20.2 Å². The first-order valence-corrected chi connectivity index (χ1v) is 7.53. The van der Waals surface area contributed by atoms with E-state index >= 15 is 0 Å². The fourth-order valence-electron chi connectivity index (χ4n) is 2.59. The van der Waals surface area contributed by atoms with E-state index in [1.54, 1.807) is 12.1 Å². The Morgan fingerprint density at radius 2 is 1.72 bits per heavy atom. The highest BCUT2D eigenvalue weighted by molar-refractivity contribution is 6.06. The second-order valence-electron chi connectivity index (χ2n) is 5.86. The number of aromatic hydroxyl groups is 1. The summed E-state index contributed by atoms with van der Waals surface area (Å²) in [7, 11) is 0. The van der Waals surface area contributed by atoms with Crippen molar-refractivity contribution in [3.63, 3.8) is 0 Å². The number of halogens is 2. The van der Waals surface area contributed by atoms with E-state index in [4.69, 9.17) is 5.11 Å². The molecule has 1 atom stereocenters. The van der Waals surface area contributed by atoms with Crippen molar-refractivity contribution >= 4 is 17.3 Å². The summed E-state index contributed by atoms with van der Waals surface area (Å²) in [5, 5.41) is 22.2.